The maximum Gasteiger partial charge on any atom is -0.0169 e. The van der Waals surface area contributed by atoms with Gasteiger partial charge in [0, 0.05) is 0 Å². The largest absolute Gasteiger partial charge is 0.0885 e. The summed E-state index contributed by atoms with van der Waals surface area (Å²) >= 11 is 0. The third-order valence-electron chi connectivity index (χ3n) is 9.27. The van der Waals surface area contributed by atoms with Crippen LogP contribution in [0.15, 0.2) is 109 Å². The summed E-state index contributed by atoms with van der Waals surface area (Å²) in [6.45, 7) is 29.7. The Balaban J connectivity index is -0.000000795. The van der Waals surface area contributed by atoms with Gasteiger partial charge in [-0.1, -0.05) is 225 Å². The number of allylic oxidation sites excluding steroid dienone is 18. The molecule has 0 aliphatic heterocycles. The lowest BCUT2D eigenvalue weighted by atomic mass is 9.80. The van der Waals surface area contributed by atoms with Gasteiger partial charge in [-0.05, 0) is 125 Å². The van der Waals surface area contributed by atoms with Crippen LogP contribution in [-0.2, 0) is 0 Å². The van der Waals surface area contributed by atoms with Crippen molar-refractivity contribution in [2.45, 2.75) is 218 Å². The van der Waals surface area contributed by atoms with Crippen molar-refractivity contribution < 1.29 is 0 Å². The highest BCUT2D eigenvalue weighted by atomic mass is 14.2. The van der Waals surface area contributed by atoms with Crippen LogP contribution in [0.5, 0.6) is 0 Å². The average Bonchev–Trinajstić information content (AvgIpc) is 3.10. The molecule has 0 rings (SSSR count). The molecule has 0 saturated carbocycles. The van der Waals surface area contributed by atoms with Crippen LogP contribution in [0, 0.1) is 22.2 Å². The summed E-state index contributed by atoms with van der Waals surface area (Å²) in [5.41, 5.74) is 1.36. The monoisotopic (exact) mass is 759 g/mol. The highest BCUT2D eigenvalue weighted by Crippen LogP contribution is 2.28. The SMILES string of the molecule is CC/C=C\C/C=C\C/C=C\C/C=C\C/C=C\C/C=C\CCCC(C)(C)C.CCC/C=C/CC/C=C/CC(C)(C)C.CCCCCC/C=C/CC(C)C(C)(C)C. The predicted molar refractivity (Wildman–Crippen MR) is 259 cm³/mol. The van der Waals surface area contributed by atoms with Crippen LogP contribution >= 0.6 is 0 Å². The van der Waals surface area contributed by atoms with Crippen molar-refractivity contribution in [1.82, 2.24) is 0 Å². The van der Waals surface area contributed by atoms with Crippen LogP contribution in [0.4, 0.5) is 0 Å². The Morgan fingerprint density at radius 1 is 0.364 bits per heavy atom. The molecule has 0 nitrogen and oxygen atoms in total. The van der Waals surface area contributed by atoms with Gasteiger partial charge in [0.25, 0.3) is 0 Å². The smallest absolute Gasteiger partial charge is 0.0169 e. The zero-order valence-corrected chi connectivity index (χ0v) is 39.6. The molecule has 1 atom stereocenters. The summed E-state index contributed by atoms with van der Waals surface area (Å²) < 4.78 is 0. The van der Waals surface area contributed by atoms with Crippen molar-refractivity contribution in [3.05, 3.63) is 109 Å². The van der Waals surface area contributed by atoms with Gasteiger partial charge in [0.2, 0.25) is 0 Å². The molecule has 0 heterocycles. The lowest BCUT2D eigenvalue weighted by molar-refractivity contribution is 0.264. The molecular formula is C55H98. The van der Waals surface area contributed by atoms with Crippen molar-refractivity contribution >= 4 is 0 Å². The van der Waals surface area contributed by atoms with Gasteiger partial charge in [-0.3, -0.25) is 0 Å². The van der Waals surface area contributed by atoms with E-state index in [9.17, 15) is 0 Å². The fraction of sp³-hybridized carbons (Fsp3) is 0.673. The molecule has 0 aromatic carbocycles. The Kier molecular flexibility index (Phi) is 42.8. The summed E-state index contributed by atoms with van der Waals surface area (Å²) in [4.78, 5) is 0. The third-order valence-corrected chi connectivity index (χ3v) is 9.27. The fourth-order valence-electron chi connectivity index (χ4n) is 5.00. The molecule has 0 bridgehead atoms. The quantitative estimate of drug-likeness (QED) is 0.0578. The summed E-state index contributed by atoms with van der Waals surface area (Å²) in [6.07, 6.45) is 65.2. The summed E-state index contributed by atoms with van der Waals surface area (Å²) in [5, 5.41) is 0. The highest BCUT2D eigenvalue weighted by Gasteiger charge is 2.18. The zero-order valence-electron chi connectivity index (χ0n) is 39.6. The Morgan fingerprint density at radius 2 is 0.782 bits per heavy atom. The van der Waals surface area contributed by atoms with Crippen molar-refractivity contribution in [2.24, 2.45) is 22.2 Å². The molecule has 0 aromatic rings. The number of rotatable bonds is 27. The minimum Gasteiger partial charge on any atom is -0.0885 e. The van der Waals surface area contributed by atoms with Crippen molar-refractivity contribution in [3.8, 4) is 0 Å². The van der Waals surface area contributed by atoms with Gasteiger partial charge in [-0.2, -0.15) is 0 Å². The first-order chi connectivity index (χ1) is 26.1. The molecule has 0 fully saturated rings. The standard InChI is InChI=1S/C26H42.C15H30.C14H26/c1-5-6-7-8-9-10-11-12-13-14-15-16-17-18-19-20-21-22-23-24-25-26(2,3)4;1-6-7-8-9-10-11-12-13-14(2)15(3,4)5;1-5-6-7-8-9-10-11-12-13-14(2,3)4/h6-7,9-10,12-13,15-16,18-19,21-22H,5,8,11,14,17,20,23-25H2,1-4H3;11-12,14H,6-10,13H2,1-5H3;7-8,11-12H,5-6,9-10,13H2,1-4H3/b7-6-,10-9-,13-12-,16-15-,19-18-,22-21-;12-11+;8-7+,12-11+. The van der Waals surface area contributed by atoms with Gasteiger partial charge in [-0.25, -0.2) is 0 Å². The van der Waals surface area contributed by atoms with Gasteiger partial charge in [0.1, 0.15) is 0 Å². The first-order valence-electron chi connectivity index (χ1n) is 23.0. The Bertz CT molecular complexity index is 1040. The van der Waals surface area contributed by atoms with E-state index in [-0.39, 0.29) is 0 Å². The molecule has 1 unspecified atom stereocenters. The van der Waals surface area contributed by atoms with Crippen LogP contribution in [0.3, 0.4) is 0 Å². The summed E-state index contributed by atoms with van der Waals surface area (Å²) in [7, 11) is 0. The second kappa shape index (κ2) is 41.3. The van der Waals surface area contributed by atoms with E-state index in [1.54, 1.807) is 0 Å². The van der Waals surface area contributed by atoms with E-state index in [0.29, 0.717) is 16.2 Å². The molecule has 0 aliphatic carbocycles. The number of hydrogen-bond donors (Lipinski definition) is 0. The van der Waals surface area contributed by atoms with Gasteiger partial charge in [-0.15, -0.1) is 0 Å². The normalized spacial score (nSPS) is 13.9. The Hall–Kier alpha value is -2.34. The first kappa shape index (κ1) is 57.0. The molecule has 0 spiro atoms. The molecule has 0 N–H and O–H groups in total. The van der Waals surface area contributed by atoms with Gasteiger partial charge in [0.15, 0.2) is 0 Å². The molecule has 0 radical (unpaired) electrons. The van der Waals surface area contributed by atoms with Crippen LogP contribution in [0.25, 0.3) is 0 Å². The zero-order chi connectivity index (χ0) is 41.9. The predicted octanol–water partition coefficient (Wildman–Crippen LogP) is 19.6. The molecular weight excluding hydrogens is 661 g/mol. The van der Waals surface area contributed by atoms with E-state index in [1.165, 1.54) is 89.9 Å². The molecule has 0 aliphatic rings. The van der Waals surface area contributed by atoms with Gasteiger partial charge >= 0.3 is 0 Å². The van der Waals surface area contributed by atoms with Crippen LogP contribution < -0.4 is 0 Å². The van der Waals surface area contributed by atoms with Crippen LogP contribution in [0.2, 0.25) is 0 Å². The van der Waals surface area contributed by atoms with E-state index in [4.69, 9.17) is 0 Å². The molecule has 0 amide bonds. The second-order valence-electron chi connectivity index (χ2n) is 18.8. The number of unbranched alkanes of at least 4 members (excludes halogenated alkanes) is 7. The second-order valence-corrected chi connectivity index (χ2v) is 18.8. The lowest BCUT2D eigenvalue weighted by Crippen LogP contribution is -2.16. The summed E-state index contributed by atoms with van der Waals surface area (Å²) in [5.74, 6) is 0.782. The molecule has 55 heavy (non-hydrogen) atoms. The van der Waals surface area contributed by atoms with Crippen molar-refractivity contribution in [3.63, 3.8) is 0 Å². The van der Waals surface area contributed by atoms with Gasteiger partial charge in [0.05, 0.1) is 0 Å². The van der Waals surface area contributed by atoms with E-state index in [1.807, 2.05) is 0 Å². The minimum atomic E-state index is 0.439. The molecule has 318 valence electrons. The minimum absolute atomic E-state index is 0.439. The molecule has 0 saturated heterocycles. The highest BCUT2D eigenvalue weighted by molar-refractivity contribution is 5.01. The van der Waals surface area contributed by atoms with Crippen molar-refractivity contribution in [2.75, 3.05) is 0 Å². The van der Waals surface area contributed by atoms with Crippen LogP contribution in [-0.4, -0.2) is 0 Å². The third kappa shape index (κ3) is 58.5. The lowest BCUT2D eigenvalue weighted by Gasteiger charge is -2.25. The van der Waals surface area contributed by atoms with E-state index in [2.05, 4.69) is 199 Å². The maximum absolute atomic E-state index is 2.38. The molecule has 0 heteroatoms. The number of hydrogen-bond acceptors (Lipinski definition) is 0. The first-order valence-corrected chi connectivity index (χ1v) is 23.0. The summed E-state index contributed by atoms with van der Waals surface area (Å²) in [6, 6.07) is 0. The van der Waals surface area contributed by atoms with E-state index in [0.717, 1.165) is 44.4 Å². The Labute approximate surface area is 348 Å². The molecule has 0 aromatic heterocycles. The topological polar surface area (TPSA) is 0 Å². The van der Waals surface area contributed by atoms with Crippen LogP contribution in [0.1, 0.15) is 218 Å². The van der Waals surface area contributed by atoms with E-state index >= 15 is 0 Å². The average molecular weight is 759 g/mol. The van der Waals surface area contributed by atoms with Crippen molar-refractivity contribution in [1.29, 1.82) is 0 Å². The Morgan fingerprint density at radius 3 is 1.22 bits per heavy atom. The maximum atomic E-state index is 2.38. The van der Waals surface area contributed by atoms with Gasteiger partial charge < -0.3 is 0 Å². The van der Waals surface area contributed by atoms with E-state index < -0.39 is 0 Å². The fourth-order valence-corrected chi connectivity index (χ4v) is 5.00.